The van der Waals surface area contributed by atoms with Crippen LogP contribution >= 0.6 is 0 Å². The van der Waals surface area contributed by atoms with Crippen molar-refractivity contribution in [2.45, 2.75) is 26.9 Å². The summed E-state index contributed by atoms with van der Waals surface area (Å²) in [6.07, 6.45) is 0.599. The lowest BCUT2D eigenvalue weighted by Gasteiger charge is -2.16. The fraction of sp³-hybridized carbons (Fsp3) is 0.217. The molecule has 3 aromatic rings. The molecule has 0 fully saturated rings. The topological polar surface area (TPSA) is 59.4 Å². The van der Waals surface area contributed by atoms with Crippen LogP contribution in [0.5, 0.6) is 5.75 Å². The third kappa shape index (κ3) is 4.55. The van der Waals surface area contributed by atoms with E-state index in [1.54, 1.807) is 30.3 Å². The molecule has 0 saturated heterocycles. The zero-order valence-electron chi connectivity index (χ0n) is 15.9. The van der Waals surface area contributed by atoms with Gasteiger partial charge in [0, 0.05) is 16.8 Å². The predicted octanol–water partition coefficient (Wildman–Crippen LogP) is 5.36. The summed E-state index contributed by atoms with van der Waals surface area (Å²) in [5.41, 5.74) is 1.86. The lowest BCUT2D eigenvalue weighted by atomic mass is 9.95. The van der Waals surface area contributed by atoms with Gasteiger partial charge in [-0.1, -0.05) is 50.2 Å². The number of carboxylic acid groups (broad SMARTS) is 1. The van der Waals surface area contributed by atoms with Crippen molar-refractivity contribution >= 4 is 5.97 Å². The summed E-state index contributed by atoms with van der Waals surface area (Å²) in [5, 5.41) is 9.69. The van der Waals surface area contributed by atoms with Gasteiger partial charge in [-0.2, -0.15) is 0 Å². The lowest BCUT2D eigenvalue weighted by molar-refractivity contribution is 0.0693. The van der Waals surface area contributed by atoms with E-state index >= 15 is 0 Å². The number of aromatic carboxylic acids is 1. The highest BCUT2D eigenvalue weighted by atomic mass is 19.1. The molecule has 0 radical (unpaired) electrons. The van der Waals surface area contributed by atoms with Gasteiger partial charge in [0.1, 0.15) is 18.2 Å². The van der Waals surface area contributed by atoms with E-state index < -0.39 is 11.8 Å². The molecule has 2 aromatic carbocycles. The third-order valence-corrected chi connectivity index (χ3v) is 4.30. The Balaban J connectivity index is 2.07. The van der Waals surface area contributed by atoms with Crippen LogP contribution < -0.4 is 4.74 Å². The van der Waals surface area contributed by atoms with Crippen LogP contribution in [0.15, 0.2) is 60.7 Å². The Morgan fingerprint density at radius 3 is 2.36 bits per heavy atom. The van der Waals surface area contributed by atoms with Crippen molar-refractivity contribution < 1.29 is 19.0 Å². The summed E-state index contributed by atoms with van der Waals surface area (Å²) in [5.74, 6) is -0.618. The van der Waals surface area contributed by atoms with E-state index in [0.29, 0.717) is 34.7 Å². The SMILES string of the molecule is CC(C)Cc1nc(COc2ccccc2)c(C(=O)O)cc1-c1ccccc1F. The first-order chi connectivity index (χ1) is 13.5. The van der Waals surface area contributed by atoms with Crippen molar-refractivity contribution in [2.24, 2.45) is 5.92 Å². The second-order valence-electron chi connectivity index (χ2n) is 6.96. The highest BCUT2D eigenvalue weighted by Gasteiger charge is 2.20. The molecule has 144 valence electrons. The summed E-state index contributed by atoms with van der Waals surface area (Å²) in [4.78, 5) is 16.4. The number of para-hydroxylation sites is 1. The van der Waals surface area contributed by atoms with E-state index in [1.165, 1.54) is 12.1 Å². The van der Waals surface area contributed by atoms with E-state index in [4.69, 9.17) is 4.74 Å². The van der Waals surface area contributed by atoms with Crippen LogP contribution in [0.3, 0.4) is 0 Å². The minimum Gasteiger partial charge on any atom is -0.487 e. The summed E-state index contributed by atoms with van der Waals surface area (Å²) < 4.78 is 20.1. The molecule has 0 bridgehead atoms. The number of hydrogen-bond acceptors (Lipinski definition) is 3. The molecular weight excluding hydrogens is 357 g/mol. The van der Waals surface area contributed by atoms with Crippen LogP contribution in [0.4, 0.5) is 4.39 Å². The molecule has 28 heavy (non-hydrogen) atoms. The molecule has 1 heterocycles. The largest absolute Gasteiger partial charge is 0.487 e. The van der Waals surface area contributed by atoms with Gasteiger partial charge >= 0.3 is 5.97 Å². The normalized spacial score (nSPS) is 10.9. The van der Waals surface area contributed by atoms with Gasteiger partial charge in [0.25, 0.3) is 0 Å². The van der Waals surface area contributed by atoms with E-state index in [9.17, 15) is 14.3 Å². The standard InChI is InChI=1S/C23H22FNO3/c1-15(2)12-21-18(17-10-6-7-11-20(17)24)13-19(23(26)27)22(25-21)14-28-16-8-4-3-5-9-16/h3-11,13,15H,12,14H2,1-2H3,(H,26,27). The molecule has 3 rings (SSSR count). The average Bonchev–Trinajstić information content (AvgIpc) is 2.67. The number of rotatable bonds is 7. The first-order valence-corrected chi connectivity index (χ1v) is 9.14. The molecule has 5 heteroatoms. The van der Waals surface area contributed by atoms with Crippen molar-refractivity contribution in [3.63, 3.8) is 0 Å². The van der Waals surface area contributed by atoms with E-state index in [1.807, 2.05) is 32.0 Å². The number of carbonyl (C=O) groups is 1. The molecule has 0 unspecified atom stereocenters. The fourth-order valence-electron chi connectivity index (χ4n) is 3.01. The highest BCUT2D eigenvalue weighted by Crippen LogP contribution is 2.29. The van der Waals surface area contributed by atoms with Crippen molar-refractivity contribution in [3.05, 3.63) is 83.4 Å². The number of halogens is 1. The molecule has 1 aromatic heterocycles. The fourth-order valence-corrected chi connectivity index (χ4v) is 3.01. The molecular formula is C23H22FNO3. The van der Waals surface area contributed by atoms with Gasteiger partial charge in [-0.25, -0.2) is 9.18 Å². The van der Waals surface area contributed by atoms with Crippen LogP contribution in [0.1, 0.15) is 35.6 Å². The second kappa shape index (κ2) is 8.65. The Labute approximate surface area is 163 Å². The Morgan fingerprint density at radius 1 is 1.04 bits per heavy atom. The average molecular weight is 379 g/mol. The number of pyridine rings is 1. The van der Waals surface area contributed by atoms with Crippen LogP contribution in [-0.4, -0.2) is 16.1 Å². The van der Waals surface area contributed by atoms with Gasteiger partial charge in [-0.15, -0.1) is 0 Å². The van der Waals surface area contributed by atoms with E-state index in [0.717, 1.165) is 0 Å². The monoisotopic (exact) mass is 379 g/mol. The van der Waals surface area contributed by atoms with Crippen molar-refractivity contribution in [1.29, 1.82) is 0 Å². The molecule has 0 aliphatic carbocycles. The van der Waals surface area contributed by atoms with E-state index in [2.05, 4.69) is 4.98 Å². The van der Waals surface area contributed by atoms with Gasteiger partial charge in [-0.3, -0.25) is 4.98 Å². The van der Waals surface area contributed by atoms with Gasteiger partial charge in [0.05, 0.1) is 11.3 Å². The number of hydrogen-bond donors (Lipinski definition) is 1. The van der Waals surface area contributed by atoms with Crippen LogP contribution in [0.2, 0.25) is 0 Å². The predicted molar refractivity (Wildman–Crippen MR) is 106 cm³/mol. The third-order valence-electron chi connectivity index (χ3n) is 4.30. The molecule has 0 aliphatic rings. The van der Waals surface area contributed by atoms with Crippen molar-refractivity contribution in [1.82, 2.24) is 4.98 Å². The van der Waals surface area contributed by atoms with Gasteiger partial charge in [0.15, 0.2) is 0 Å². The molecule has 0 amide bonds. The number of nitrogens with zero attached hydrogens (tertiary/aromatic N) is 1. The highest BCUT2D eigenvalue weighted by molar-refractivity contribution is 5.91. The molecule has 1 N–H and O–H groups in total. The van der Waals surface area contributed by atoms with E-state index in [-0.39, 0.29) is 18.1 Å². The lowest BCUT2D eigenvalue weighted by Crippen LogP contribution is -2.12. The van der Waals surface area contributed by atoms with Gasteiger partial charge in [-0.05, 0) is 36.6 Å². The summed E-state index contributed by atoms with van der Waals surface area (Å²) in [6, 6.07) is 17.0. The molecule has 0 atom stereocenters. The maximum atomic E-state index is 14.4. The minimum absolute atomic E-state index is 0.0155. The Kier molecular flexibility index (Phi) is 6.04. The molecule has 0 aliphatic heterocycles. The minimum atomic E-state index is -1.12. The molecule has 0 spiro atoms. The number of ether oxygens (including phenoxy) is 1. The van der Waals surface area contributed by atoms with Crippen molar-refractivity contribution in [2.75, 3.05) is 0 Å². The number of carboxylic acids is 1. The zero-order chi connectivity index (χ0) is 20.1. The Bertz CT molecular complexity index is 971. The molecule has 4 nitrogen and oxygen atoms in total. The Morgan fingerprint density at radius 2 is 1.71 bits per heavy atom. The first-order valence-electron chi connectivity index (χ1n) is 9.14. The zero-order valence-corrected chi connectivity index (χ0v) is 15.9. The quantitative estimate of drug-likeness (QED) is 0.600. The first kappa shape index (κ1) is 19.5. The van der Waals surface area contributed by atoms with Gasteiger partial charge < -0.3 is 9.84 Å². The van der Waals surface area contributed by atoms with Crippen LogP contribution in [0.25, 0.3) is 11.1 Å². The maximum Gasteiger partial charge on any atom is 0.337 e. The summed E-state index contributed by atoms with van der Waals surface area (Å²) >= 11 is 0. The van der Waals surface area contributed by atoms with Crippen LogP contribution in [-0.2, 0) is 13.0 Å². The number of aromatic nitrogens is 1. The second-order valence-corrected chi connectivity index (χ2v) is 6.96. The summed E-state index contributed by atoms with van der Waals surface area (Å²) in [7, 11) is 0. The maximum absolute atomic E-state index is 14.4. The van der Waals surface area contributed by atoms with Crippen molar-refractivity contribution in [3.8, 4) is 16.9 Å². The van der Waals surface area contributed by atoms with Gasteiger partial charge in [0.2, 0.25) is 0 Å². The summed E-state index contributed by atoms with van der Waals surface area (Å²) in [6.45, 7) is 4.10. The smallest absolute Gasteiger partial charge is 0.337 e. The van der Waals surface area contributed by atoms with Crippen LogP contribution in [0, 0.1) is 11.7 Å². The Hall–Kier alpha value is -3.21. The molecule has 0 saturated carbocycles. The number of benzene rings is 2.